The van der Waals surface area contributed by atoms with Gasteiger partial charge in [-0.25, -0.2) is 24.9 Å². The van der Waals surface area contributed by atoms with E-state index >= 15 is 0 Å². The molecule has 0 N–H and O–H groups in total. The number of hydrogen-bond donors (Lipinski definition) is 0. The summed E-state index contributed by atoms with van der Waals surface area (Å²) in [6, 6.07) is 76.5. The normalized spacial score (nSPS) is 11.5. The van der Waals surface area contributed by atoms with Crippen LogP contribution in [0.3, 0.4) is 0 Å². The highest BCUT2D eigenvalue weighted by atomic mass is 16.3. The van der Waals surface area contributed by atoms with Gasteiger partial charge >= 0.3 is 0 Å². The van der Waals surface area contributed by atoms with Crippen molar-refractivity contribution in [3.05, 3.63) is 224 Å². The third kappa shape index (κ3) is 7.16. The second-order valence-corrected chi connectivity index (χ2v) is 16.9. The first-order valence-electron chi connectivity index (χ1n) is 22.5. The molecule has 7 heteroatoms. The Labute approximate surface area is 390 Å². The Bertz CT molecular complexity index is 3900. The number of hydrogen-bond acceptors (Lipinski definition) is 7. The van der Waals surface area contributed by atoms with E-state index in [2.05, 4.69) is 146 Å². The summed E-state index contributed by atoms with van der Waals surface area (Å²) in [6.45, 7) is 0. The standard InChI is InChI=1S/C61H37N5O2/c1-3-13-38(14-4-1)39-25-27-41(28-26-39)58-62-52(40-15-5-2-6-16-40)37-53(63-58)44-19-11-17-42(33-44)43-18-12-20-45(34-43)59-64-60(46-29-31-50-48-21-7-9-23-54(48)67-56(50)35-46)66-61(65-59)47-30-32-51-49-22-8-10-24-55(49)68-57(51)36-47/h1-37H. The van der Waals surface area contributed by atoms with Crippen LogP contribution >= 0.6 is 0 Å². The van der Waals surface area contributed by atoms with Gasteiger partial charge in [0.2, 0.25) is 0 Å². The summed E-state index contributed by atoms with van der Waals surface area (Å²) in [5, 5.41) is 4.21. The molecule has 13 rings (SSSR count). The molecule has 0 aliphatic rings. The Kier molecular flexibility index (Phi) is 9.35. The Morgan fingerprint density at radius 2 is 0.574 bits per heavy atom. The fourth-order valence-electron chi connectivity index (χ4n) is 9.11. The van der Waals surface area contributed by atoms with E-state index in [1.54, 1.807) is 0 Å². The van der Waals surface area contributed by atoms with Gasteiger partial charge in [0, 0.05) is 54.9 Å². The van der Waals surface area contributed by atoms with Crippen molar-refractivity contribution in [3.8, 4) is 90.3 Å². The van der Waals surface area contributed by atoms with E-state index in [9.17, 15) is 0 Å². The Morgan fingerprint density at radius 1 is 0.206 bits per heavy atom. The molecule has 0 atom stereocenters. The van der Waals surface area contributed by atoms with Crippen LogP contribution in [0.2, 0.25) is 0 Å². The van der Waals surface area contributed by atoms with Crippen LogP contribution in [0.4, 0.5) is 0 Å². The molecule has 7 nitrogen and oxygen atoms in total. The molecule has 0 saturated heterocycles. The highest BCUT2D eigenvalue weighted by Crippen LogP contribution is 2.37. The second-order valence-electron chi connectivity index (χ2n) is 16.9. The predicted molar refractivity (Wildman–Crippen MR) is 273 cm³/mol. The highest BCUT2D eigenvalue weighted by Gasteiger charge is 2.18. The molecule has 0 spiro atoms. The topological polar surface area (TPSA) is 90.7 Å². The maximum absolute atomic E-state index is 6.31. The van der Waals surface area contributed by atoms with E-state index in [-0.39, 0.29) is 0 Å². The maximum Gasteiger partial charge on any atom is 0.164 e. The van der Waals surface area contributed by atoms with Gasteiger partial charge < -0.3 is 8.83 Å². The quantitative estimate of drug-likeness (QED) is 0.150. The van der Waals surface area contributed by atoms with Crippen LogP contribution in [-0.2, 0) is 0 Å². The smallest absolute Gasteiger partial charge is 0.164 e. The van der Waals surface area contributed by atoms with Gasteiger partial charge in [-0.1, -0.05) is 170 Å². The van der Waals surface area contributed by atoms with Gasteiger partial charge in [-0.05, 0) is 76.9 Å². The summed E-state index contributed by atoms with van der Waals surface area (Å²) >= 11 is 0. The van der Waals surface area contributed by atoms with E-state index in [1.807, 2.05) is 78.9 Å². The maximum atomic E-state index is 6.31. The monoisotopic (exact) mass is 871 g/mol. The number of nitrogens with zero attached hydrogens (tertiary/aromatic N) is 5. The molecule has 68 heavy (non-hydrogen) atoms. The molecule has 0 saturated carbocycles. The van der Waals surface area contributed by atoms with Gasteiger partial charge in [0.25, 0.3) is 0 Å². The number of rotatable bonds is 8. The summed E-state index contributed by atoms with van der Waals surface area (Å²) in [4.78, 5) is 25.7. The fraction of sp³-hybridized carbons (Fsp3) is 0. The van der Waals surface area contributed by atoms with E-state index in [0.717, 1.165) is 111 Å². The summed E-state index contributed by atoms with van der Waals surface area (Å²) in [7, 11) is 0. The molecule has 318 valence electrons. The largest absolute Gasteiger partial charge is 0.456 e. The lowest BCUT2D eigenvalue weighted by Gasteiger charge is -2.12. The molecule has 0 amide bonds. The molecule has 13 aromatic rings. The van der Waals surface area contributed by atoms with Crippen LogP contribution in [-0.4, -0.2) is 24.9 Å². The van der Waals surface area contributed by atoms with E-state index in [4.69, 9.17) is 33.8 Å². The van der Waals surface area contributed by atoms with Gasteiger partial charge in [-0.2, -0.15) is 0 Å². The zero-order chi connectivity index (χ0) is 45.0. The lowest BCUT2D eigenvalue weighted by molar-refractivity contribution is 0.668. The number of furan rings is 2. The fourth-order valence-corrected chi connectivity index (χ4v) is 9.11. The minimum atomic E-state index is 0.535. The Morgan fingerprint density at radius 3 is 1.15 bits per heavy atom. The average Bonchev–Trinajstić information content (AvgIpc) is 3.99. The number of aromatic nitrogens is 5. The van der Waals surface area contributed by atoms with Crippen LogP contribution in [0.15, 0.2) is 233 Å². The van der Waals surface area contributed by atoms with Crippen molar-refractivity contribution in [2.75, 3.05) is 0 Å². The molecule has 0 bridgehead atoms. The van der Waals surface area contributed by atoms with Crippen molar-refractivity contribution in [1.82, 2.24) is 24.9 Å². The molecule has 0 aliphatic heterocycles. The van der Waals surface area contributed by atoms with E-state index in [1.165, 1.54) is 0 Å². The van der Waals surface area contributed by atoms with Crippen LogP contribution in [0.1, 0.15) is 0 Å². The molecule has 0 aliphatic carbocycles. The van der Waals surface area contributed by atoms with Gasteiger partial charge in [0.05, 0.1) is 11.4 Å². The van der Waals surface area contributed by atoms with Gasteiger partial charge in [-0.15, -0.1) is 0 Å². The molecule has 9 aromatic carbocycles. The molecular formula is C61H37N5O2. The minimum Gasteiger partial charge on any atom is -0.456 e. The first-order chi connectivity index (χ1) is 33.6. The summed E-state index contributed by atoms with van der Waals surface area (Å²) < 4.78 is 12.6. The highest BCUT2D eigenvalue weighted by molar-refractivity contribution is 6.07. The van der Waals surface area contributed by atoms with Crippen LogP contribution in [0, 0.1) is 0 Å². The van der Waals surface area contributed by atoms with E-state index < -0.39 is 0 Å². The average molecular weight is 872 g/mol. The molecule has 0 unspecified atom stereocenters. The van der Waals surface area contributed by atoms with Gasteiger partial charge in [0.1, 0.15) is 22.3 Å². The zero-order valence-electron chi connectivity index (χ0n) is 36.4. The van der Waals surface area contributed by atoms with Crippen molar-refractivity contribution < 1.29 is 8.83 Å². The molecule has 0 radical (unpaired) electrons. The number of benzene rings is 9. The first-order valence-corrected chi connectivity index (χ1v) is 22.5. The summed E-state index contributed by atoms with van der Waals surface area (Å²) in [6.07, 6.45) is 0. The Balaban J connectivity index is 0.902. The minimum absolute atomic E-state index is 0.535. The molecule has 4 heterocycles. The van der Waals surface area contributed by atoms with Crippen molar-refractivity contribution in [3.63, 3.8) is 0 Å². The zero-order valence-corrected chi connectivity index (χ0v) is 36.4. The molecular weight excluding hydrogens is 835 g/mol. The van der Waals surface area contributed by atoms with Crippen LogP contribution in [0.5, 0.6) is 0 Å². The SMILES string of the molecule is c1ccc(-c2ccc(-c3nc(-c4ccccc4)cc(-c4cccc(-c5cccc(-c6nc(-c7ccc8c(c7)oc7ccccc78)nc(-c7ccc8c(c7)oc7ccccc78)n6)c5)c4)n3)cc2)cc1. The number of para-hydroxylation sites is 2. The van der Waals surface area contributed by atoms with Crippen molar-refractivity contribution in [2.45, 2.75) is 0 Å². The third-order valence-corrected chi connectivity index (χ3v) is 12.6. The lowest BCUT2D eigenvalue weighted by atomic mass is 9.99. The van der Waals surface area contributed by atoms with E-state index in [0.29, 0.717) is 23.3 Å². The van der Waals surface area contributed by atoms with Crippen molar-refractivity contribution in [2.24, 2.45) is 0 Å². The predicted octanol–water partition coefficient (Wildman–Crippen LogP) is 15.8. The molecule has 4 aromatic heterocycles. The summed E-state index contributed by atoms with van der Waals surface area (Å²) in [5.74, 6) is 2.28. The molecule has 0 fully saturated rings. The van der Waals surface area contributed by atoms with Crippen molar-refractivity contribution in [1.29, 1.82) is 0 Å². The summed E-state index contributed by atoms with van der Waals surface area (Å²) in [5.41, 5.74) is 14.7. The third-order valence-electron chi connectivity index (χ3n) is 12.6. The lowest BCUT2D eigenvalue weighted by Crippen LogP contribution is -2.00. The van der Waals surface area contributed by atoms with Crippen molar-refractivity contribution >= 4 is 43.9 Å². The van der Waals surface area contributed by atoms with Gasteiger partial charge in [0.15, 0.2) is 23.3 Å². The number of fused-ring (bicyclic) bond motifs is 6. The first kappa shape index (κ1) is 39.1. The Hall–Kier alpha value is -9.33. The van der Waals surface area contributed by atoms with Crippen LogP contribution in [0.25, 0.3) is 134 Å². The second kappa shape index (κ2) is 16.3. The van der Waals surface area contributed by atoms with Crippen LogP contribution < -0.4 is 0 Å². The van der Waals surface area contributed by atoms with Gasteiger partial charge in [-0.3, -0.25) is 0 Å².